The van der Waals surface area contributed by atoms with Gasteiger partial charge in [0.25, 0.3) is 5.91 Å². The van der Waals surface area contributed by atoms with Crippen LogP contribution in [0.25, 0.3) is 10.9 Å². The number of ether oxygens (including phenoxy) is 1. The molecule has 2 amide bonds. The molecule has 0 unspecified atom stereocenters. The molecule has 268 valence electrons. The molecule has 0 aliphatic carbocycles. The Labute approximate surface area is 298 Å². The lowest BCUT2D eigenvalue weighted by Gasteiger charge is -2.41. The van der Waals surface area contributed by atoms with E-state index in [1.165, 1.54) is 18.2 Å². The van der Waals surface area contributed by atoms with Crippen LogP contribution in [-0.4, -0.2) is 71.2 Å². The van der Waals surface area contributed by atoms with Crippen molar-refractivity contribution in [3.8, 4) is 5.75 Å². The Balaban J connectivity index is 1.57. The second kappa shape index (κ2) is 15.5. The summed E-state index contributed by atoms with van der Waals surface area (Å²) in [6.07, 6.45) is -0.560. The molecule has 50 heavy (non-hydrogen) atoms. The topological polar surface area (TPSA) is 161 Å². The van der Waals surface area contributed by atoms with E-state index in [4.69, 9.17) is 9.16 Å². The third-order valence-electron chi connectivity index (χ3n) is 8.79. The van der Waals surface area contributed by atoms with Gasteiger partial charge in [-0.25, -0.2) is 4.79 Å². The van der Waals surface area contributed by atoms with Crippen LogP contribution >= 0.6 is 11.3 Å². The van der Waals surface area contributed by atoms with Crippen LogP contribution in [0.2, 0.25) is 18.1 Å². The molecule has 11 nitrogen and oxygen atoms in total. The van der Waals surface area contributed by atoms with Gasteiger partial charge in [-0.2, -0.15) is 0 Å². The van der Waals surface area contributed by atoms with Gasteiger partial charge in [-0.15, -0.1) is 11.3 Å². The third-order valence-corrected chi connectivity index (χ3v) is 14.4. The number of amides is 2. The molecule has 2 aromatic heterocycles. The highest BCUT2D eigenvalue weighted by Gasteiger charge is 2.41. The number of rotatable bonds is 12. The molecule has 0 spiro atoms. The first-order valence-electron chi connectivity index (χ1n) is 16.6. The highest BCUT2D eigenvalue weighted by Crippen LogP contribution is 2.41. The summed E-state index contributed by atoms with van der Waals surface area (Å²) in [5.74, 6) is -0.358. The van der Waals surface area contributed by atoms with Crippen LogP contribution in [0.15, 0.2) is 65.5 Å². The number of aromatic amines is 1. The number of phenolic OH excluding ortho intramolecular Hbond substituents is 1. The lowest BCUT2D eigenvalue weighted by Crippen LogP contribution is -2.46. The standard InChI is InChI=1S/C36H48BN3O8SSi/c1-35(2,3)47-34(44)40(20-19-23-9-11-24(12-10-23)21-38-33(43)29-16-17-30(49-29)37(45)46)22-28(48-50(7,8)36(4,5)6)25-13-15-27(41)32-26(25)14-18-31(42)39-32/h9-18,28,41,45-46H,19-22H2,1-8H3,(H,38,43)(H,39,42)/t28-/m0/s1. The number of fused-ring (bicyclic) bond motifs is 1. The molecule has 4 rings (SSSR count). The van der Waals surface area contributed by atoms with Crippen LogP contribution in [0.4, 0.5) is 4.79 Å². The molecular formula is C36H48BN3O8SSi. The average Bonchev–Trinajstić information content (AvgIpc) is 3.52. The number of nitrogens with one attached hydrogen (secondary N) is 2. The molecular weight excluding hydrogens is 673 g/mol. The van der Waals surface area contributed by atoms with E-state index in [-0.39, 0.29) is 35.3 Å². The Morgan fingerprint density at radius 2 is 1.62 bits per heavy atom. The van der Waals surface area contributed by atoms with Gasteiger partial charge in [-0.05, 0) is 80.2 Å². The van der Waals surface area contributed by atoms with E-state index < -0.39 is 33.2 Å². The Morgan fingerprint density at radius 3 is 2.22 bits per heavy atom. The van der Waals surface area contributed by atoms with Gasteiger partial charge in [0.1, 0.15) is 11.4 Å². The van der Waals surface area contributed by atoms with Crippen molar-refractivity contribution in [2.45, 2.75) is 84.3 Å². The molecule has 0 radical (unpaired) electrons. The van der Waals surface area contributed by atoms with E-state index in [0.717, 1.165) is 28.0 Å². The fraction of sp³-hybridized carbons (Fsp3) is 0.417. The lowest BCUT2D eigenvalue weighted by molar-refractivity contribution is 0.0159. The third kappa shape index (κ3) is 10.1. The van der Waals surface area contributed by atoms with Gasteiger partial charge >= 0.3 is 13.2 Å². The van der Waals surface area contributed by atoms with Crippen molar-refractivity contribution in [3.05, 3.63) is 92.6 Å². The minimum Gasteiger partial charge on any atom is -0.506 e. The summed E-state index contributed by atoms with van der Waals surface area (Å²) in [7, 11) is -4.03. The summed E-state index contributed by atoms with van der Waals surface area (Å²) in [4.78, 5) is 43.2. The van der Waals surface area contributed by atoms with Crippen LogP contribution < -0.4 is 15.7 Å². The highest BCUT2D eigenvalue weighted by atomic mass is 32.1. The number of aromatic hydroxyl groups is 1. The molecule has 0 saturated carbocycles. The molecule has 0 bridgehead atoms. The average molecular weight is 722 g/mol. The van der Waals surface area contributed by atoms with Crippen molar-refractivity contribution >= 4 is 54.5 Å². The number of carbonyl (C=O) groups is 2. The van der Waals surface area contributed by atoms with Crippen molar-refractivity contribution in [2.24, 2.45) is 0 Å². The molecule has 14 heteroatoms. The Kier molecular flexibility index (Phi) is 12.1. The zero-order chi connectivity index (χ0) is 37.0. The summed E-state index contributed by atoms with van der Waals surface area (Å²) in [6, 6.07) is 17.2. The van der Waals surface area contributed by atoms with Crippen LogP contribution in [-0.2, 0) is 22.1 Å². The van der Waals surface area contributed by atoms with Gasteiger partial charge in [0.2, 0.25) is 5.56 Å². The Bertz CT molecular complexity index is 1860. The fourth-order valence-corrected chi connectivity index (χ4v) is 7.09. The predicted molar refractivity (Wildman–Crippen MR) is 201 cm³/mol. The van der Waals surface area contributed by atoms with Gasteiger partial charge in [-0.1, -0.05) is 57.2 Å². The minimum absolute atomic E-state index is 0.0540. The number of pyridine rings is 1. The van der Waals surface area contributed by atoms with E-state index in [1.54, 1.807) is 23.1 Å². The first kappa shape index (κ1) is 38.8. The molecule has 2 aromatic carbocycles. The second-order valence-corrected chi connectivity index (χ2v) is 20.8. The van der Waals surface area contributed by atoms with E-state index >= 15 is 0 Å². The summed E-state index contributed by atoms with van der Waals surface area (Å²) in [5, 5.41) is 32.6. The van der Waals surface area contributed by atoms with Crippen LogP contribution in [0.1, 0.15) is 74.0 Å². The van der Waals surface area contributed by atoms with Crippen LogP contribution in [0, 0.1) is 0 Å². The number of benzene rings is 2. The molecule has 0 fully saturated rings. The minimum atomic E-state index is -2.41. The van der Waals surface area contributed by atoms with Gasteiger partial charge in [0.05, 0.1) is 23.0 Å². The Hall–Kier alpha value is -3.95. The SMILES string of the molecule is CC(C)(C)OC(=O)N(CCc1ccc(CNC(=O)c2ccc(B(O)O)s2)cc1)C[C@H](O[Si](C)(C)C(C)(C)C)c1ccc(O)c2[nH]c(=O)ccc12. The monoisotopic (exact) mass is 721 g/mol. The summed E-state index contributed by atoms with van der Waals surface area (Å²) >= 11 is 1.02. The number of aromatic nitrogens is 1. The van der Waals surface area contributed by atoms with Gasteiger partial charge in [0, 0.05) is 29.3 Å². The number of carbonyl (C=O) groups excluding carboxylic acids is 2. The summed E-state index contributed by atoms with van der Waals surface area (Å²) < 4.78 is 13.1. The molecule has 0 saturated heterocycles. The Morgan fingerprint density at radius 1 is 0.960 bits per heavy atom. The molecule has 4 aromatic rings. The number of phenols is 1. The zero-order valence-corrected chi connectivity index (χ0v) is 31.8. The maximum atomic E-state index is 13.7. The van der Waals surface area contributed by atoms with Crippen molar-refractivity contribution in [3.63, 3.8) is 0 Å². The zero-order valence-electron chi connectivity index (χ0n) is 30.0. The maximum Gasteiger partial charge on any atom is 0.499 e. The highest BCUT2D eigenvalue weighted by molar-refractivity contribution is 7.23. The van der Waals surface area contributed by atoms with Crippen LogP contribution in [0.3, 0.4) is 0 Å². The van der Waals surface area contributed by atoms with Gasteiger partial charge < -0.3 is 39.5 Å². The quantitative estimate of drug-likeness (QED) is 0.121. The van der Waals surface area contributed by atoms with Crippen molar-refractivity contribution in [1.82, 2.24) is 15.2 Å². The van der Waals surface area contributed by atoms with Crippen LogP contribution in [0.5, 0.6) is 5.75 Å². The first-order chi connectivity index (χ1) is 23.2. The van der Waals surface area contributed by atoms with Crippen molar-refractivity contribution in [2.75, 3.05) is 13.1 Å². The first-order valence-corrected chi connectivity index (χ1v) is 20.3. The summed E-state index contributed by atoms with van der Waals surface area (Å²) in [6.45, 7) is 17.0. The second-order valence-electron chi connectivity index (χ2n) is 14.9. The van der Waals surface area contributed by atoms with E-state index in [2.05, 4.69) is 44.2 Å². The van der Waals surface area contributed by atoms with Gasteiger partial charge in [-0.3, -0.25) is 9.59 Å². The summed E-state index contributed by atoms with van der Waals surface area (Å²) in [5.41, 5.74) is 1.83. The smallest absolute Gasteiger partial charge is 0.499 e. The number of H-pyrrole nitrogens is 1. The molecule has 5 N–H and O–H groups in total. The number of nitrogens with zero attached hydrogens (tertiary/aromatic N) is 1. The normalized spacial score (nSPS) is 12.8. The molecule has 1 atom stereocenters. The largest absolute Gasteiger partial charge is 0.506 e. The number of hydrogen-bond acceptors (Lipinski definition) is 9. The van der Waals surface area contributed by atoms with E-state index in [9.17, 15) is 29.5 Å². The van der Waals surface area contributed by atoms with E-state index in [0.29, 0.717) is 33.5 Å². The van der Waals surface area contributed by atoms with Gasteiger partial charge in [0.15, 0.2) is 8.32 Å². The van der Waals surface area contributed by atoms with Crippen molar-refractivity contribution < 1.29 is 33.9 Å². The maximum absolute atomic E-state index is 13.7. The number of hydrogen-bond donors (Lipinski definition) is 5. The molecule has 0 aliphatic heterocycles. The fourth-order valence-electron chi connectivity index (χ4n) is 5.03. The lowest BCUT2D eigenvalue weighted by atomic mass is 9.90. The van der Waals surface area contributed by atoms with Crippen molar-refractivity contribution in [1.29, 1.82) is 0 Å². The molecule has 2 heterocycles. The predicted octanol–water partition coefficient (Wildman–Crippen LogP) is 5.45. The van der Waals surface area contributed by atoms with E-state index in [1.807, 2.05) is 45.0 Å². The molecule has 0 aliphatic rings. The number of thiophene rings is 1.